The summed E-state index contributed by atoms with van der Waals surface area (Å²) >= 11 is 0. The largest absolute Gasteiger partial charge is 0.381 e. The van der Waals surface area contributed by atoms with Crippen molar-refractivity contribution in [3.05, 3.63) is 70.1 Å². The van der Waals surface area contributed by atoms with Crippen molar-refractivity contribution in [3.63, 3.8) is 0 Å². The highest BCUT2D eigenvalue weighted by molar-refractivity contribution is 5.79. The molecule has 3 rings (SSSR count). The van der Waals surface area contributed by atoms with E-state index >= 15 is 0 Å². The van der Waals surface area contributed by atoms with Gasteiger partial charge in [0, 0.05) is 51.5 Å². The number of hydrogen-bond acceptors (Lipinski definition) is 4. The molecule has 30 heavy (non-hydrogen) atoms. The molecule has 1 aromatic heterocycles. The van der Waals surface area contributed by atoms with Gasteiger partial charge in [0.25, 0.3) is 5.56 Å². The third kappa shape index (κ3) is 7.31. The van der Waals surface area contributed by atoms with Gasteiger partial charge in [-0.3, -0.25) is 9.79 Å². The summed E-state index contributed by atoms with van der Waals surface area (Å²) in [5.41, 5.74) is 2.26. The Hall–Kier alpha value is -2.64. The maximum Gasteiger partial charge on any atom is 0.250 e. The predicted octanol–water partition coefficient (Wildman–Crippen LogP) is 2.00. The van der Waals surface area contributed by atoms with Crippen molar-refractivity contribution < 1.29 is 9.47 Å². The van der Waals surface area contributed by atoms with Gasteiger partial charge in [-0.1, -0.05) is 30.3 Å². The first-order chi connectivity index (χ1) is 14.7. The normalized spacial score (nSPS) is 16.6. The zero-order valence-corrected chi connectivity index (χ0v) is 17.7. The van der Waals surface area contributed by atoms with E-state index in [1.165, 1.54) is 0 Å². The second kappa shape index (κ2) is 12.1. The van der Waals surface area contributed by atoms with Gasteiger partial charge < -0.3 is 24.7 Å². The summed E-state index contributed by atoms with van der Waals surface area (Å²) in [6.07, 6.45) is 3.85. The number of benzene rings is 1. The lowest BCUT2D eigenvalue weighted by molar-refractivity contribution is 0.0888. The fraction of sp³-hybridized carbons (Fsp3) is 0.478. The second-order valence-electron chi connectivity index (χ2n) is 7.49. The molecule has 1 fully saturated rings. The van der Waals surface area contributed by atoms with Crippen LogP contribution in [0.4, 0.5) is 0 Å². The Bertz CT molecular complexity index is 842. The molecule has 1 aliphatic heterocycles. The minimum Gasteiger partial charge on any atom is -0.381 e. The van der Waals surface area contributed by atoms with E-state index in [4.69, 9.17) is 9.47 Å². The van der Waals surface area contributed by atoms with E-state index in [1.54, 1.807) is 23.7 Å². The highest BCUT2D eigenvalue weighted by atomic mass is 16.5. The first-order valence-corrected chi connectivity index (χ1v) is 10.6. The van der Waals surface area contributed by atoms with Crippen LogP contribution in [-0.2, 0) is 22.6 Å². The van der Waals surface area contributed by atoms with Crippen LogP contribution < -0.4 is 16.2 Å². The molecule has 0 spiro atoms. The van der Waals surface area contributed by atoms with E-state index in [-0.39, 0.29) is 5.56 Å². The maximum absolute atomic E-state index is 11.8. The molecule has 0 amide bonds. The van der Waals surface area contributed by atoms with Gasteiger partial charge in [-0.2, -0.15) is 0 Å². The lowest BCUT2D eigenvalue weighted by Gasteiger charge is -2.13. The van der Waals surface area contributed by atoms with Gasteiger partial charge in [-0.05, 0) is 30.0 Å². The van der Waals surface area contributed by atoms with Crippen molar-refractivity contribution in [2.75, 3.05) is 40.0 Å². The Morgan fingerprint density at radius 3 is 2.77 bits per heavy atom. The quantitative estimate of drug-likeness (QED) is 0.355. The molecule has 0 aliphatic carbocycles. The zero-order valence-electron chi connectivity index (χ0n) is 17.7. The van der Waals surface area contributed by atoms with Crippen LogP contribution in [0, 0.1) is 5.92 Å². The molecule has 7 heteroatoms. The Kier molecular flexibility index (Phi) is 8.93. The fourth-order valence-electron chi connectivity index (χ4n) is 3.30. The Labute approximate surface area is 178 Å². The molecule has 1 aliphatic rings. The van der Waals surface area contributed by atoms with E-state index in [0.717, 1.165) is 62.9 Å². The molecule has 0 saturated carbocycles. The average molecular weight is 413 g/mol. The van der Waals surface area contributed by atoms with E-state index in [0.29, 0.717) is 19.0 Å². The van der Waals surface area contributed by atoms with Crippen molar-refractivity contribution in [1.29, 1.82) is 0 Å². The molecule has 1 unspecified atom stereocenters. The van der Waals surface area contributed by atoms with Crippen LogP contribution in [0.3, 0.4) is 0 Å². The number of pyridine rings is 1. The van der Waals surface area contributed by atoms with Crippen molar-refractivity contribution in [1.82, 2.24) is 15.2 Å². The molecular formula is C23H32N4O3. The summed E-state index contributed by atoms with van der Waals surface area (Å²) in [5.74, 6) is 1.34. The minimum atomic E-state index is 0.0102. The van der Waals surface area contributed by atoms with Crippen LogP contribution in [0.15, 0.2) is 58.4 Å². The van der Waals surface area contributed by atoms with E-state index < -0.39 is 0 Å². The molecule has 0 radical (unpaired) electrons. The Morgan fingerprint density at radius 2 is 2.03 bits per heavy atom. The number of rotatable bonds is 10. The van der Waals surface area contributed by atoms with Crippen LogP contribution in [0.25, 0.3) is 0 Å². The topological polar surface area (TPSA) is 76.9 Å². The SMILES string of the molecule is CN=C(NCCCOCC1CCOC1)NCc1ccc(Cn2ccccc2=O)cc1. The molecule has 1 aromatic carbocycles. The summed E-state index contributed by atoms with van der Waals surface area (Å²) < 4.78 is 12.8. The predicted molar refractivity (Wildman–Crippen MR) is 119 cm³/mol. The molecule has 2 aromatic rings. The third-order valence-electron chi connectivity index (χ3n) is 5.09. The number of nitrogens with zero attached hydrogens (tertiary/aromatic N) is 2. The highest BCUT2D eigenvalue weighted by Crippen LogP contribution is 2.12. The maximum atomic E-state index is 11.8. The zero-order chi connectivity index (χ0) is 21.0. The summed E-state index contributed by atoms with van der Waals surface area (Å²) in [5, 5.41) is 6.64. The van der Waals surface area contributed by atoms with Gasteiger partial charge >= 0.3 is 0 Å². The van der Waals surface area contributed by atoms with Crippen LogP contribution in [-0.4, -0.2) is 50.5 Å². The Balaban J connectivity index is 1.33. The van der Waals surface area contributed by atoms with Gasteiger partial charge in [0.05, 0.1) is 19.8 Å². The molecular weight excluding hydrogens is 380 g/mol. The van der Waals surface area contributed by atoms with Gasteiger partial charge in [0.15, 0.2) is 5.96 Å². The van der Waals surface area contributed by atoms with Gasteiger partial charge in [0.2, 0.25) is 0 Å². The first-order valence-electron chi connectivity index (χ1n) is 10.6. The molecule has 0 bridgehead atoms. The standard InChI is InChI=1S/C23H32N4O3/c1-24-23(25-11-4-13-29-17-21-10-14-30-18-21)26-15-19-6-8-20(9-7-19)16-27-12-3-2-5-22(27)28/h2-3,5-9,12,21H,4,10-11,13-18H2,1H3,(H2,24,25,26). The number of hydrogen-bond donors (Lipinski definition) is 2. The Morgan fingerprint density at radius 1 is 1.20 bits per heavy atom. The molecule has 1 saturated heterocycles. The van der Waals surface area contributed by atoms with Gasteiger partial charge in [-0.15, -0.1) is 0 Å². The number of aliphatic imine (C=N–C) groups is 1. The molecule has 7 nitrogen and oxygen atoms in total. The minimum absolute atomic E-state index is 0.0102. The molecule has 162 valence electrons. The number of aromatic nitrogens is 1. The lowest BCUT2D eigenvalue weighted by atomic mass is 10.1. The van der Waals surface area contributed by atoms with Crippen molar-refractivity contribution in [2.45, 2.75) is 25.9 Å². The summed E-state index contributed by atoms with van der Waals surface area (Å²) in [4.78, 5) is 16.1. The monoisotopic (exact) mass is 412 g/mol. The van der Waals surface area contributed by atoms with E-state index in [9.17, 15) is 4.79 Å². The summed E-state index contributed by atoms with van der Waals surface area (Å²) in [6, 6.07) is 13.5. The highest BCUT2D eigenvalue weighted by Gasteiger charge is 2.15. The average Bonchev–Trinajstić information content (AvgIpc) is 3.29. The smallest absolute Gasteiger partial charge is 0.250 e. The van der Waals surface area contributed by atoms with Crippen LogP contribution in [0.1, 0.15) is 24.0 Å². The number of nitrogens with one attached hydrogen (secondary N) is 2. The van der Waals surface area contributed by atoms with Crippen LogP contribution >= 0.6 is 0 Å². The van der Waals surface area contributed by atoms with E-state index in [1.807, 2.05) is 12.3 Å². The van der Waals surface area contributed by atoms with E-state index in [2.05, 4.69) is 39.9 Å². The molecule has 2 N–H and O–H groups in total. The van der Waals surface area contributed by atoms with Crippen LogP contribution in [0.5, 0.6) is 0 Å². The third-order valence-corrected chi connectivity index (χ3v) is 5.09. The van der Waals surface area contributed by atoms with Gasteiger partial charge in [0.1, 0.15) is 0 Å². The molecule has 1 atom stereocenters. The fourth-order valence-corrected chi connectivity index (χ4v) is 3.30. The van der Waals surface area contributed by atoms with Crippen LogP contribution in [0.2, 0.25) is 0 Å². The number of ether oxygens (including phenoxy) is 2. The van der Waals surface area contributed by atoms with Crippen molar-refractivity contribution in [2.24, 2.45) is 10.9 Å². The second-order valence-corrected chi connectivity index (χ2v) is 7.49. The van der Waals surface area contributed by atoms with Gasteiger partial charge in [-0.25, -0.2) is 0 Å². The summed E-state index contributed by atoms with van der Waals surface area (Å²) in [7, 11) is 1.77. The molecule has 2 heterocycles. The number of guanidine groups is 1. The first kappa shape index (κ1) is 22.1. The lowest BCUT2D eigenvalue weighted by Crippen LogP contribution is -2.37. The summed E-state index contributed by atoms with van der Waals surface area (Å²) in [6.45, 7) is 5.31. The van der Waals surface area contributed by atoms with Crippen molar-refractivity contribution in [3.8, 4) is 0 Å². The van der Waals surface area contributed by atoms with Crippen molar-refractivity contribution >= 4 is 5.96 Å².